The van der Waals surface area contributed by atoms with Crippen molar-refractivity contribution in [3.05, 3.63) is 17.5 Å². The first kappa shape index (κ1) is 15.7. The van der Waals surface area contributed by atoms with E-state index in [4.69, 9.17) is 0 Å². The quantitative estimate of drug-likeness (QED) is 0.596. The van der Waals surface area contributed by atoms with Crippen LogP contribution in [-0.4, -0.2) is 13.7 Å². The van der Waals surface area contributed by atoms with Gasteiger partial charge in [-0.25, -0.2) is 4.37 Å². The fourth-order valence-electron chi connectivity index (χ4n) is 1.77. The van der Waals surface area contributed by atoms with E-state index in [1.165, 1.54) is 11.7 Å². The van der Waals surface area contributed by atoms with Gasteiger partial charge in [0.25, 0.3) is 0 Å². The van der Waals surface area contributed by atoms with Gasteiger partial charge in [0.2, 0.25) is 0 Å². The molecule has 0 aliphatic rings. The Morgan fingerprint density at radius 3 is 1.94 bits per heavy atom. The van der Waals surface area contributed by atoms with Gasteiger partial charge in [-0.3, -0.25) is 0 Å². The molecule has 0 unspecified atom stereocenters. The molecule has 2 rings (SSSR count). The minimum atomic E-state index is -0.0269. The Morgan fingerprint density at radius 2 is 1.44 bits per heavy atom. The van der Waals surface area contributed by atoms with Gasteiger partial charge in [0, 0.05) is 25.9 Å². The van der Waals surface area contributed by atoms with Gasteiger partial charge in [0.05, 0.1) is 11.7 Å². The van der Waals surface area contributed by atoms with Gasteiger partial charge in [0.1, 0.15) is 0 Å². The van der Waals surface area contributed by atoms with Crippen LogP contribution in [0, 0.1) is 6.20 Å². The number of aromatic nitrogens is 3. The Morgan fingerprint density at radius 1 is 0.889 bits per heavy atom. The molecule has 0 spiro atoms. The number of pyridine rings is 1. The summed E-state index contributed by atoms with van der Waals surface area (Å²) in [7, 11) is 0. The summed E-state index contributed by atoms with van der Waals surface area (Å²) < 4.78 is 8.83. The van der Waals surface area contributed by atoms with Gasteiger partial charge < -0.3 is 4.98 Å². The van der Waals surface area contributed by atoms with Gasteiger partial charge in [-0.2, -0.15) is 4.37 Å². The molecule has 0 aliphatic heterocycles. The predicted octanol–water partition coefficient (Wildman–Crippen LogP) is 3.48. The van der Waals surface area contributed by atoms with Crippen molar-refractivity contribution in [3.8, 4) is 0 Å². The molecule has 2 aromatic heterocycles. The molecule has 0 atom stereocenters. The number of nitrogens with zero attached hydrogens (tertiary/aromatic N) is 3. The third kappa shape index (κ3) is 2.79. The Hall–Kier alpha value is -0.368. The fourth-order valence-corrected chi connectivity index (χ4v) is 2.33. The summed E-state index contributed by atoms with van der Waals surface area (Å²) in [5.74, 6) is 0. The van der Waals surface area contributed by atoms with Gasteiger partial charge in [-0.05, 0) is 22.0 Å². The summed E-state index contributed by atoms with van der Waals surface area (Å²) >= 11 is 1.25. The van der Waals surface area contributed by atoms with Crippen LogP contribution in [-0.2, 0) is 31.3 Å². The van der Waals surface area contributed by atoms with E-state index < -0.39 is 0 Å². The fraction of sp³-hybridized carbons (Fsp3) is 0.615. The molecule has 0 aliphatic carbocycles. The Balaban J connectivity index is 0.00000162. The van der Waals surface area contributed by atoms with Crippen molar-refractivity contribution in [2.75, 3.05) is 0 Å². The van der Waals surface area contributed by atoms with Crippen LogP contribution in [0.25, 0.3) is 11.0 Å². The van der Waals surface area contributed by atoms with Crippen molar-refractivity contribution < 1.29 is 20.4 Å². The average molecular weight is 435 g/mol. The molecule has 0 aromatic carbocycles. The van der Waals surface area contributed by atoms with E-state index >= 15 is 0 Å². The van der Waals surface area contributed by atoms with Crippen LogP contribution in [0.3, 0.4) is 0 Å². The van der Waals surface area contributed by atoms with E-state index in [-0.39, 0.29) is 31.3 Å². The molecule has 0 saturated carbocycles. The number of fused-ring (bicyclic) bond motifs is 1. The second-order valence-electron chi connectivity index (χ2n) is 6.41. The largest absolute Gasteiger partial charge is 0.388 e. The van der Waals surface area contributed by atoms with Crippen LogP contribution < -0.4 is 0 Å². The predicted molar refractivity (Wildman–Crippen MR) is 71.4 cm³/mol. The molecule has 2 heterocycles. The van der Waals surface area contributed by atoms with Crippen LogP contribution in [0.2, 0.25) is 0 Å². The van der Waals surface area contributed by atoms with Crippen molar-refractivity contribution in [2.45, 2.75) is 52.4 Å². The molecule has 2 aromatic rings. The molecule has 0 saturated heterocycles. The first-order valence-corrected chi connectivity index (χ1v) is 6.49. The number of rotatable bonds is 0. The van der Waals surface area contributed by atoms with Crippen LogP contribution in [0.15, 0.2) is 0 Å². The minimum Gasteiger partial charge on any atom is -0.388 e. The molecule has 0 bridgehead atoms. The SMILES string of the molecule is CC(C)(C)c1[c-]nc(C(C)(C)C)c2nsnc12.[Re]. The monoisotopic (exact) mass is 435 g/mol. The first-order chi connectivity index (χ1) is 7.71. The van der Waals surface area contributed by atoms with Crippen molar-refractivity contribution in [3.63, 3.8) is 0 Å². The summed E-state index contributed by atoms with van der Waals surface area (Å²) in [4.78, 5) is 4.50. The third-order valence-corrected chi connectivity index (χ3v) is 3.22. The van der Waals surface area contributed by atoms with E-state index in [0.717, 1.165) is 22.3 Å². The van der Waals surface area contributed by atoms with E-state index in [2.05, 4.69) is 61.5 Å². The Bertz CT molecular complexity index is 501. The van der Waals surface area contributed by atoms with Gasteiger partial charge in [0.15, 0.2) is 0 Å². The van der Waals surface area contributed by atoms with Crippen LogP contribution in [0.5, 0.6) is 0 Å². The molecule has 0 amide bonds. The van der Waals surface area contributed by atoms with Crippen LogP contribution in [0.4, 0.5) is 0 Å². The van der Waals surface area contributed by atoms with Gasteiger partial charge >= 0.3 is 0 Å². The maximum atomic E-state index is 4.50. The van der Waals surface area contributed by atoms with Gasteiger partial charge in [-0.1, -0.05) is 47.7 Å². The molecule has 0 fully saturated rings. The molecular formula is C13H18N3ReS-. The normalized spacial score (nSPS) is 12.6. The van der Waals surface area contributed by atoms with E-state index in [9.17, 15) is 0 Å². The smallest absolute Gasteiger partial charge is 0.0534 e. The molecule has 5 heteroatoms. The Kier molecular flexibility index (Phi) is 4.32. The van der Waals surface area contributed by atoms with E-state index in [0.29, 0.717) is 0 Å². The van der Waals surface area contributed by atoms with Crippen molar-refractivity contribution in [1.29, 1.82) is 0 Å². The molecule has 0 N–H and O–H groups in total. The topological polar surface area (TPSA) is 38.7 Å². The maximum Gasteiger partial charge on any atom is 0.0534 e. The average Bonchev–Trinajstić information content (AvgIpc) is 2.60. The van der Waals surface area contributed by atoms with Crippen LogP contribution >= 0.6 is 11.7 Å². The zero-order valence-corrected chi connectivity index (χ0v) is 15.2. The maximum absolute atomic E-state index is 4.50. The van der Waals surface area contributed by atoms with Crippen molar-refractivity contribution in [1.82, 2.24) is 13.7 Å². The molecular weight excluding hydrogens is 416 g/mol. The van der Waals surface area contributed by atoms with Crippen molar-refractivity contribution in [2.24, 2.45) is 0 Å². The molecule has 1 radical (unpaired) electrons. The van der Waals surface area contributed by atoms with E-state index in [1.54, 1.807) is 0 Å². The standard InChI is InChI=1S/C13H18N3S.Re/c1-12(2,3)8-7-14-11(13(4,5)6)10-9(8)15-17-16-10;/h1-6H3;/q-1;. The van der Waals surface area contributed by atoms with Crippen molar-refractivity contribution >= 4 is 22.8 Å². The second kappa shape index (κ2) is 4.96. The number of hydrogen-bond acceptors (Lipinski definition) is 4. The second-order valence-corrected chi connectivity index (χ2v) is 6.94. The molecule has 3 nitrogen and oxygen atoms in total. The van der Waals surface area contributed by atoms with Gasteiger partial charge in [-0.15, -0.1) is 5.56 Å². The Labute approximate surface area is 126 Å². The summed E-state index contributed by atoms with van der Waals surface area (Å²) in [5.41, 5.74) is 3.90. The summed E-state index contributed by atoms with van der Waals surface area (Å²) in [6, 6.07) is 0. The summed E-state index contributed by atoms with van der Waals surface area (Å²) in [6.45, 7) is 12.9. The summed E-state index contributed by atoms with van der Waals surface area (Å²) in [5, 5.41) is 0. The first-order valence-electron chi connectivity index (χ1n) is 5.76. The third-order valence-electron chi connectivity index (χ3n) is 2.69. The zero-order chi connectivity index (χ0) is 12.8. The molecule has 18 heavy (non-hydrogen) atoms. The summed E-state index contributed by atoms with van der Waals surface area (Å²) in [6.07, 6.45) is 3.17. The molecule has 99 valence electrons. The minimum absolute atomic E-state index is 0. The van der Waals surface area contributed by atoms with Crippen LogP contribution in [0.1, 0.15) is 52.8 Å². The number of hydrogen-bond donors (Lipinski definition) is 0. The zero-order valence-electron chi connectivity index (χ0n) is 11.6. The van der Waals surface area contributed by atoms with E-state index in [1.807, 2.05) is 0 Å².